The summed E-state index contributed by atoms with van der Waals surface area (Å²) < 4.78 is 11.8. The van der Waals surface area contributed by atoms with E-state index in [1.807, 2.05) is 6.07 Å². The largest absolute Gasteiger partial charge is 0.486 e. The molecule has 19 heavy (non-hydrogen) atoms. The van der Waals surface area contributed by atoms with Gasteiger partial charge >= 0.3 is 0 Å². The molecule has 0 aliphatic carbocycles. The van der Waals surface area contributed by atoms with Crippen LogP contribution in [0.3, 0.4) is 0 Å². The first-order chi connectivity index (χ1) is 9.15. The smallest absolute Gasteiger partial charge is 0.204 e. The standard InChI is InChI=1S/C13H8BrClO3S/c14-12-2-1-11(19-12)13(16)7-5-9-10(6-8(7)15)18-4-3-17-9/h1-2,5-6H,3-4H2. The quantitative estimate of drug-likeness (QED) is 0.755. The lowest BCUT2D eigenvalue weighted by Crippen LogP contribution is -2.16. The van der Waals surface area contributed by atoms with Gasteiger partial charge in [0.1, 0.15) is 13.2 Å². The summed E-state index contributed by atoms with van der Waals surface area (Å²) in [6.07, 6.45) is 0. The molecule has 0 saturated carbocycles. The summed E-state index contributed by atoms with van der Waals surface area (Å²) in [7, 11) is 0. The molecule has 0 amide bonds. The highest BCUT2D eigenvalue weighted by Crippen LogP contribution is 2.37. The Balaban J connectivity index is 2.03. The Labute approximate surface area is 127 Å². The van der Waals surface area contributed by atoms with Gasteiger partial charge in [0, 0.05) is 11.6 Å². The molecule has 0 atom stereocenters. The van der Waals surface area contributed by atoms with Crippen LogP contribution in [0.1, 0.15) is 15.2 Å². The minimum absolute atomic E-state index is 0.113. The van der Waals surface area contributed by atoms with Crippen molar-refractivity contribution in [1.82, 2.24) is 0 Å². The fraction of sp³-hybridized carbons (Fsp3) is 0.154. The second-order valence-electron chi connectivity index (χ2n) is 3.91. The molecular weight excluding hydrogens is 352 g/mol. The molecule has 0 bridgehead atoms. The zero-order valence-corrected chi connectivity index (χ0v) is 12.8. The summed E-state index contributed by atoms with van der Waals surface area (Å²) >= 11 is 10.9. The van der Waals surface area contributed by atoms with E-state index in [1.54, 1.807) is 18.2 Å². The molecule has 2 heterocycles. The van der Waals surface area contributed by atoms with E-state index in [2.05, 4.69) is 15.9 Å². The lowest BCUT2D eigenvalue weighted by Gasteiger charge is -2.19. The van der Waals surface area contributed by atoms with Crippen molar-refractivity contribution in [2.45, 2.75) is 0 Å². The van der Waals surface area contributed by atoms with Crippen molar-refractivity contribution >= 4 is 44.7 Å². The van der Waals surface area contributed by atoms with Gasteiger partial charge in [-0.1, -0.05) is 11.6 Å². The van der Waals surface area contributed by atoms with E-state index < -0.39 is 0 Å². The van der Waals surface area contributed by atoms with Gasteiger partial charge < -0.3 is 9.47 Å². The summed E-state index contributed by atoms with van der Waals surface area (Å²) in [5, 5.41) is 0.374. The van der Waals surface area contributed by atoms with Crippen LogP contribution in [0.5, 0.6) is 11.5 Å². The number of ether oxygens (including phenoxy) is 2. The second-order valence-corrected chi connectivity index (χ2v) is 6.78. The monoisotopic (exact) mass is 358 g/mol. The third kappa shape index (κ3) is 2.50. The van der Waals surface area contributed by atoms with E-state index in [0.717, 1.165) is 3.79 Å². The molecule has 1 aromatic heterocycles. The number of hydrogen-bond acceptors (Lipinski definition) is 4. The van der Waals surface area contributed by atoms with Gasteiger partial charge in [-0.15, -0.1) is 11.3 Å². The van der Waals surface area contributed by atoms with Gasteiger partial charge in [-0.3, -0.25) is 4.79 Å². The van der Waals surface area contributed by atoms with E-state index >= 15 is 0 Å². The average molecular weight is 360 g/mol. The topological polar surface area (TPSA) is 35.5 Å². The maximum Gasteiger partial charge on any atom is 0.204 e. The van der Waals surface area contributed by atoms with E-state index in [4.69, 9.17) is 21.1 Å². The van der Waals surface area contributed by atoms with Crippen LogP contribution < -0.4 is 9.47 Å². The lowest BCUT2D eigenvalue weighted by molar-refractivity contribution is 0.104. The number of benzene rings is 1. The molecule has 2 aromatic rings. The lowest BCUT2D eigenvalue weighted by atomic mass is 10.1. The average Bonchev–Trinajstić information content (AvgIpc) is 2.84. The zero-order chi connectivity index (χ0) is 13.4. The molecule has 3 nitrogen and oxygen atoms in total. The van der Waals surface area contributed by atoms with Crippen LogP contribution in [0.4, 0.5) is 0 Å². The van der Waals surface area contributed by atoms with Gasteiger partial charge in [0.15, 0.2) is 11.5 Å². The second kappa shape index (κ2) is 5.15. The fourth-order valence-corrected chi connectivity index (χ4v) is 3.39. The van der Waals surface area contributed by atoms with Crippen LogP contribution in [0.2, 0.25) is 5.02 Å². The normalized spacial score (nSPS) is 13.4. The molecule has 1 aliphatic rings. The molecule has 0 unspecified atom stereocenters. The predicted molar refractivity (Wildman–Crippen MR) is 77.9 cm³/mol. The first-order valence-corrected chi connectivity index (χ1v) is 7.53. The minimum Gasteiger partial charge on any atom is -0.486 e. The Morgan fingerprint density at radius 2 is 1.89 bits per heavy atom. The van der Waals surface area contributed by atoms with Crippen molar-refractivity contribution in [2.24, 2.45) is 0 Å². The molecule has 6 heteroatoms. The molecule has 1 aliphatic heterocycles. The van der Waals surface area contributed by atoms with Crippen molar-refractivity contribution < 1.29 is 14.3 Å². The number of fused-ring (bicyclic) bond motifs is 1. The van der Waals surface area contributed by atoms with Crippen molar-refractivity contribution in [2.75, 3.05) is 13.2 Å². The highest BCUT2D eigenvalue weighted by atomic mass is 79.9. The SMILES string of the molecule is O=C(c1ccc(Br)s1)c1cc2c(cc1Cl)OCCO2. The Kier molecular flexibility index (Phi) is 3.52. The van der Waals surface area contributed by atoms with Crippen molar-refractivity contribution in [3.8, 4) is 11.5 Å². The van der Waals surface area contributed by atoms with Gasteiger partial charge in [0.2, 0.25) is 5.78 Å². The first kappa shape index (κ1) is 13.0. The highest BCUT2D eigenvalue weighted by Gasteiger charge is 2.20. The van der Waals surface area contributed by atoms with Gasteiger partial charge in [-0.2, -0.15) is 0 Å². The van der Waals surface area contributed by atoms with Gasteiger partial charge in [0.25, 0.3) is 0 Å². The molecule has 0 radical (unpaired) electrons. The fourth-order valence-electron chi connectivity index (χ4n) is 1.81. The van der Waals surface area contributed by atoms with E-state index in [9.17, 15) is 4.79 Å². The maximum atomic E-state index is 12.4. The number of carbonyl (C=O) groups is 1. The number of hydrogen-bond donors (Lipinski definition) is 0. The Hall–Kier alpha value is -1.04. The number of ketones is 1. The summed E-state index contributed by atoms with van der Waals surface area (Å²) in [4.78, 5) is 13.0. The Bertz CT molecular complexity index is 653. The third-order valence-electron chi connectivity index (χ3n) is 2.67. The number of rotatable bonds is 2. The molecule has 0 saturated heterocycles. The maximum absolute atomic E-state index is 12.4. The highest BCUT2D eigenvalue weighted by molar-refractivity contribution is 9.11. The summed E-state index contributed by atoms with van der Waals surface area (Å²) in [6.45, 7) is 0.974. The van der Waals surface area contributed by atoms with Crippen molar-refractivity contribution in [1.29, 1.82) is 0 Å². The van der Waals surface area contributed by atoms with E-state index in [-0.39, 0.29) is 5.78 Å². The van der Waals surface area contributed by atoms with Crippen molar-refractivity contribution in [3.63, 3.8) is 0 Å². The zero-order valence-electron chi connectivity index (χ0n) is 9.61. The number of thiophene rings is 1. The third-order valence-corrected chi connectivity index (χ3v) is 4.61. The number of halogens is 2. The van der Waals surface area contributed by atoms with Gasteiger partial charge in [-0.25, -0.2) is 0 Å². The van der Waals surface area contributed by atoms with Crippen LogP contribution >= 0.6 is 38.9 Å². The Morgan fingerprint density at radius 1 is 1.21 bits per heavy atom. The van der Waals surface area contributed by atoms with Crippen LogP contribution in [0, 0.1) is 0 Å². The van der Waals surface area contributed by atoms with Crippen LogP contribution in [-0.2, 0) is 0 Å². The van der Waals surface area contributed by atoms with E-state index in [1.165, 1.54) is 11.3 Å². The van der Waals surface area contributed by atoms with Crippen LogP contribution in [0.25, 0.3) is 0 Å². The molecule has 0 N–H and O–H groups in total. The van der Waals surface area contributed by atoms with Crippen LogP contribution in [-0.4, -0.2) is 19.0 Å². The summed E-state index contributed by atoms with van der Waals surface area (Å²) in [5.74, 6) is 1.03. The molecule has 3 rings (SSSR count). The molecule has 0 fully saturated rings. The summed E-state index contributed by atoms with van der Waals surface area (Å²) in [6, 6.07) is 6.88. The van der Waals surface area contributed by atoms with E-state index in [0.29, 0.717) is 40.2 Å². The first-order valence-electron chi connectivity index (χ1n) is 5.54. The molecular formula is C13H8BrClO3S. The Morgan fingerprint density at radius 3 is 2.53 bits per heavy atom. The minimum atomic E-state index is -0.113. The molecule has 98 valence electrons. The number of carbonyl (C=O) groups excluding carboxylic acids is 1. The molecule has 1 aromatic carbocycles. The predicted octanol–water partition coefficient (Wildman–Crippen LogP) is 4.17. The van der Waals surface area contributed by atoms with Gasteiger partial charge in [0.05, 0.1) is 13.7 Å². The molecule has 0 spiro atoms. The van der Waals surface area contributed by atoms with Crippen molar-refractivity contribution in [3.05, 3.63) is 43.5 Å². The van der Waals surface area contributed by atoms with Crippen LogP contribution in [0.15, 0.2) is 28.1 Å². The van der Waals surface area contributed by atoms with Gasteiger partial charge in [-0.05, 0) is 34.1 Å². The summed E-state index contributed by atoms with van der Waals surface area (Å²) in [5.41, 5.74) is 0.431.